The molecule has 2 aliphatic carbocycles. The van der Waals surface area contributed by atoms with Crippen LogP contribution in [0.1, 0.15) is 66.8 Å². The number of nitrogens with zero attached hydrogens (tertiary/aromatic N) is 7. The first-order valence-corrected chi connectivity index (χ1v) is 13.6. The van der Waals surface area contributed by atoms with Gasteiger partial charge in [0.15, 0.2) is 5.65 Å². The Bertz CT molecular complexity index is 1630. The molecular formula is C28H29N9O3. The molecule has 204 valence electrons. The zero-order valence-electron chi connectivity index (χ0n) is 22.2. The van der Waals surface area contributed by atoms with Gasteiger partial charge in [0, 0.05) is 42.2 Å². The first kappa shape index (κ1) is 24.4. The molecule has 3 atom stereocenters. The van der Waals surface area contributed by atoms with E-state index in [0.29, 0.717) is 42.2 Å². The molecule has 5 heterocycles. The highest BCUT2D eigenvalue weighted by atomic mass is 16.6. The van der Waals surface area contributed by atoms with Gasteiger partial charge in [0.1, 0.15) is 30.4 Å². The van der Waals surface area contributed by atoms with Crippen molar-refractivity contribution in [1.82, 2.24) is 29.3 Å². The van der Waals surface area contributed by atoms with Crippen LogP contribution in [0.4, 0.5) is 22.1 Å². The van der Waals surface area contributed by atoms with Gasteiger partial charge in [0.2, 0.25) is 5.91 Å². The minimum absolute atomic E-state index is 0.0298. The molecule has 2 amide bonds. The number of carbonyl (C=O) groups is 2. The minimum Gasteiger partial charge on any atom is -0.447 e. The molecule has 4 aromatic heterocycles. The van der Waals surface area contributed by atoms with Crippen LogP contribution < -0.4 is 15.5 Å². The second-order valence-electron chi connectivity index (χ2n) is 10.7. The lowest BCUT2D eigenvalue weighted by atomic mass is 10.1. The van der Waals surface area contributed by atoms with Gasteiger partial charge in [-0.1, -0.05) is 0 Å². The van der Waals surface area contributed by atoms with Crippen molar-refractivity contribution in [2.75, 3.05) is 28.7 Å². The third-order valence-corrected chi connectivity index (χ3v) is 7.67. The molecule has 0 aromatic carbocycles. The maximum atomic E-state index is 12.8. The number of aryl methyl sites for hydroxylation is 1. The molecule has 12 nitrogen and oxygen atoms in total. The van der Waals surface area contributed by atoms with Crippen LogP contribution in [0, 0.1) is 12.8 Å². The third-order valence-electron chi connectivity index (χ3n) is 7.67. The predicted octanol–water partition coefficient (Wildman–Crippen LogP) is 3.97. The maximum absolute atomic E-state index is 12.8. The maximum Gasteiger partial charge on any atom is 0.414 e. The fraction of sp³-hybridized carbons (Fsp3) is 0.393. The van der Waals surface area contributed by atoms with Crippen LogP contribution in [0.5, 0.6) is 0 Å². The zero-order chi connectivity index (χ0) is 27.4. The normalized spacial score (nSPS) is 20.9. The number of hydrogen-bond acceptors (Lipinski definition) is 9. The minimum atomic E-state index is -0.343. The third kappa shape index (κ3) is 4.69. The van der Waals surface area contributed by atoms with E-state index in [1.54, 1.807) is 17.2 Å². The Balaban J connectivity index is 1.07. The summed E-state index contributed by atoms with van der Waals surface area (Å²) in [7, 11) is 0. The van der Waals surface area contributed by atoms with E-state index in [1.165, 1.54) is 11.9 Å². The van der Waals surface area contributed by atoms with E-state index in [1.807, 2.05) is 30.5 Å². The van der Waals surface area contributed by atoms with Crippen LogP contribution in [-0.2, 0) is 9.53 Å². The monoisotopic (exact) mass is 539 g/mol. The molecule has 0 spiro atoms. The average Bonchev–Trinajstić information content (AvgIpc) is 3.86. The largest absolute Gasteiger partial charge is 0.447 e. The van der Waals surface area contributed by atoms with E-state index in [9.17, 15) is 9.59 Å². The Morgan fingerprint density at radius 3 is 2.75 bits per heavy atom. The van der Waals surface area contributed by atoms with E-state index >= 15 is 0 Å². The number of pyridine rings is 1. The molecule has 7 rings (SSSR count). The molecule has 2 N–H and O–H groups in total. The first-order chi connectivity index (χ1) is 19.4. The van der Waals surface area contributed by atoms with Crippen LogP contribution in [0.25, 0.3) is 5.65 Å². The lowest BCUT2D eigenvalue weighted by Crippen LogP contribution is -2.24. The number of anilines is 3. The molecule has 4 aromatic rings. The summed E-state index contributed by atoms with van der Waals surface area (Å²) in [6, 6.07) is 5.43. The first-order valence-electron chi connectivity index (χ1n) is 13.6. The standard InChI is InChI=1S/C28H29N9O3/c1-15-5-6-29-25(32-15)19-10-20(19)27(38)35-24-11-23(30-14-31-24)33-16(2)21-13-36-12-18(17-3-4-17)9-22(26(36)34-21)37-7-8-40-28(37)39/h5-6,9,11-14,16-17,19-20H,3-4,7-8,10H2,1-2H3,(H2,30,31,33,35,38)/t16-,19?,20?/m1/s1. The number of nitrogens with one attached hydrogen (secondary N) is 2. The van der Waals surface area contributed by atoms with Crippen molar-refractivity contribution in [3.05, 3.63) is 65.9 Å². The Labute approximate surface area is 230 Å². The van der Waals surface area contributed by atoms with Crippen molar-refractivity contribution < 1.29 is 14.3 Å². The number of ether oxygens (including phenoxy) is 1. The van der Waals surface area contributed by atoms with Crippen molar-refractivity contribution in [2.24, 2.45) is 5.92 Å². The van der Waals surface area contributed by atoms with Crippen LogP contribution >= 0.6 is 0 Å². The lowest BCUT2D eigenvalue weighted by molar-refractivity contribution is -0.117. The number of imidazole rings is 1. The quantitative estimate of drug-likeness (QED) is 0.340. The molecule has 3 fully saturated rings. The number of hydrogen-bond donors (Lipinski definition) is 2. The van der Waals surface area contributed by atoms with Crippen molar-refractivity contribution >= 4 is 35.0 Å². The van der Waals surface area contributed by atoms with Crippen LogP contribution in [-0.4, -0.2) is 54.5 Å². The Morgan fingerprint density at radius 2 is 1.98 bits per heavy atom. The molecule has 0 radical (unpaired) electrons. The van der Waals surface area contributed by atoms with Gasteiger partial charge in [-0.05, 0) is 56.7 Å². The number of aromatic nitrogens is 6. The summed E-state index contributed by atoms with van der Waals surface area (Å²) in [5, 5.41) is 6.27. The molecule has 12 heteroatoms. The number of amides is 2. The molecule has 3 aliphatic rings. The van der Waals surface area contributed by atoms with E-state index in [2.05, 4.69) is 42.8 Å². The molecule has 2 unspecified atom stereocenters. The predicted molar refractivity (Wildman–Crippen MR) is 146 cm³/mol. The van der Waals surface area contributed by atoms with Gasteiger partial charge in [-0.3, -0.25) is 9.69 Å². The number of rotatable bonds is 8. The van der Waals surface area contributed by atoms with Gasteiger partial charge in [-0.25, -0.2) is 29.7 Å². The summed E-state index contributed by atoms with van der Waals surface area (Å²) >= 11 is 0. The fourth-order valence-electron chi connectivity index (χ4n) is 5.22. The fourth-order valence-corrected chi connectivity index (χ4v) is 5.22. The zero-order valence-corrected chi connectivity index (χ0v) is 22.2. The SMILES string of the molecule is Cc1ccnc(C2CC2C(=O)Nc2cc(N[C@H](C)c3cn4cc(C5CC5)cc(N5CCOC5=O)c4n3)ncn2)n1. The molecular weight excluding hydrogens is 510 g/mol. The van der Waals surface area contributed by atoms with Crippen LogP contribution in [0.2, 0.25) is 0 Å². The van der Waals surface area contributed by atoms with E-state index < -0.39 is 0 Å². The van der Waals surface area contributed by atoms with E-state index in [4.69, 9.17) is 9.72 Å². The molecule has 40 heavy (non-hydrogen) atoms. The number of fused-ring (bicyclic) bond motifs is 1. The smallest absolute Gasteiger partial charge is 0.414 e. The second-order valence-corrected chi connectivity index (χ2v) is 10.7. The summed E-state index contributed by atoms with van der Waals surface area (Å²) in [5.74, 6) is 1.96. The van der Waals surface area contributed by atoms with Gasteiger partial charge in [-0.2, -0.15) is 0 Å². The molecule has 1 saturated heterocycles. The summed E-state index contributed by atoms with van der Waals surface area (Å²) in [6.45, 7) is 4.79. The highest BCUT2D eigenvalue weighted by Gasteiger charge is 2.46. The van der Waals surface area contributed by atoms with Gasteiger partial charge < -0.3 is 19.8 Å². The van der Waals surface area contributed by atoms with Gasteiger partial charge in [0.05, 0.1) is 24.0 Å². The lowest BCUT2D eigenvalue weighted by Gasteiger charge is -2.15. The highest BCUT2D eigenvalue weighted by Crippen LogP contribution is 2.46. The van der Waals surface area contributed by atoms with Crippen molar-refractivity contribution in [1.29, 1.82) is 0 Å². The number of carbonyl (C=O) groups excluding carboxylic acids is 2. The summed E-state index contributed by atoms with van der Waals surface area (Å²) in [5.41, 5.74) is 4.37. The second kappa shape index (κ2) is 9.54. The van der Waals surface area contributed by atoms with Gasteiger partial charge >= 0.3 is 6.09 Å². The van der Waals surface area contributed by atoms with E-state index in [-0.39, 0.29) is 29.9 Å². The van der Waals surface area contributed by atoms with Gasteiger partial charge in [0.25, 0.3) is 0 Å². The van der Waals surface area contributed by atoms with Crippen molar-refractivity contribution in [2.45, 2.75) is 51.0 Å². The Kier molecular flexibility index (Phi) is 5.83. The molecule has 0 bridgehead atoms. The summed E-state index contributed by atoms with van der Waals surface area (Å²) < 4.78 is 7.19. The van der Waals surface area contributed by atoms with Crippen molar-refractivity contribution in [3.63, 3.8) is 0 Å². The van der Waals surface area contributed by atoms with Crippen LogP contribution in [0.3, 0.4) is 0 Å². The average molecular weight is 540 g/mol. The van der Waals surface area contributed by atoms with Crippen molar-refractivity contribution in [3.8, 4) is 0 Å². The topological polar surface area (TPSA) is 140 Å². The molecule has 1 aliphatic heterocycles. The molecule has 2 saturated carbocycles. The number of cyclic esters (lactones) is 1. The van der Waals surface area contributed by atoms with E-state index in [0.717, 1.165) is 36.3 Å². The van der Waals surface area contributed by atoms with Crippen LogP contribution in [0.15, 0.2) is 43.1 Å². The summed E-state index contributed by atoms with van der Waals surface area (Å²) in [6.07, 6.45) is 9.92. The Morgan fingerprint density at radius 1 is 1.12 bits per heavy atom. The Hall–Kier alpha value is -4.61. The highest BCUT2D eigenvalue weighted by molar-refractivity contribution is 5.95. The van der Waals surface area contributed by atoms with Gasteiger partial charge in [-0.15, -0.1) is 0 Å². The summed E-state index contributed by atoms with van der Waals surface area (Å²) in [4.78, 5) is 49.1.